The van der Waals surface area contributed by atoms with Crippen LogP contribution >= 0.6 is 15.9 Å². The SMILES string of the molecule is Cc1ccc(N)cc1Nc1ccc(Br)cc1. The van der Waals surface area contributed by atoms with Crippen molar-refractivity contribution in [3.05, 3.63) is 52.5 Å². The lowest BCUT2D eigenvalue weighted by Crippen LogP contribution is -1.94. The van der Waals surface area contributed by atoms with Gasteiger partial charge in [-0.3, -0.25) is 0 Å². The average Bonchev–Trinajstić information content (AvgIpc) is 2.27. The van der Waals surface area contributed by atoms with Crippen LogP contribution in [0.2, 0.25) is 0 Å². The maximum atomic E-state index is 5.76. The summed E-state index contributed by atoms with van der Waals surface area (Å²) in [7, 11) is 0. The van der Waals surface area contributed by atoms with Gasteiger partial charge in [-0.1, -0.05) is 22.0 Å². The molecule has 2 aromatic carbocycles. The van der Waals surface area contributed by atoms with Crippen LogP contribution in [-0.4, -0.2) is 0 Å². The Morgan fingerprint density at radius 2 is 1.75 bits per heavy atom. The monoisotopic (exact) mass is 276 g/mol. The summed E-state index contributed by atoms with van der Waals surface area (Å²) in [4.78, 5) is 0. The van der Waals surface area contributed by atoms with Crippen LogP contribution in [0.1, 0.15) is 5.56 Å². The number of nitrogens with one attached hydrogen (secondary N) is 1. The normalized spacial score (nSPS) is 10.1. The standard InChI is InChI=1S/C13H13BrN2/c1-9-2-5-11(15)8-13(9)16-12-6-3-10(14)4-7-12/h2-8,16H,15H2,1H3. The van der Waals surface area contributed by atoms with E-state index in [1.807, 2.05) is 42.5 Å². The van der Waals surface area contributed by atoms with Crippen LogP contribution in [0, 0.1) is 6.92 Å². The maximum Gasteiger partial charge on any atom is 0.0434 e. The zero-order valence-electron chi connectivity index (χ0n) is 9.00. The Kier molecular flexibility index (Phi) is 3.15. The van der Waals surface area contributed by atoms with E-state index in [-0.39, 0.29) is 0 Å². The van der Waals surface area contributed by atoms with Gasteiger partial charge in [-0.05, 0) is 48.9 Å². The molecule has 0 aliphatic rings. The van der Waals surface area contributed by atoms with Crippen LogP contribution in [0.5, 0.6) is 0 Å². The second-order valence-electron chi connectivity index (χ2n) is 3.71. The van der Waals surface area contributed by atoms with Crippen molar-refractivity contribution < 1.29 is 0 Å². The van der Waals surface area contributed by atoms with E-state index < -0.39 is 0 Å². The summed E-state index contributed by atoms with van der Waals surface area (Å²) >= 11 is 3.41. The molecule has 0 radical (unpaired) electrons. The highest BCUT2D eigenvalue weighted by molar-refractivity contribution is 9.10. The Hall–Kier alpha value is -1.48. The predicted molar refractivity (Wildman–Crippen MR) is 73.0 cm³/mol. The van der Waals surface area contributed by atoms with Gasteiger partial charge in [-0.15, -0.1) is 0 Å². The molecule has 0 spiro atoms. The fraction of sp³-hybridized carbons (Fsp3) is 0.0769. The fourth-order valence-corrected chi connectivity index (χ4v) is 1.73. The number of hydrogen-bond donors (Lipinski definition) is 2. The van der Waals surface area contributed by atoms with Gasteiger partial charge in [0.1, 0.15) is 0 Å². The first-order chi connectivity index (χ1) is 7.65. The van der Waals surface area contributed by atoms with Crippen LogP contribution < -0.4 is 11.1 Å². The van der Waals surface area contributed by atoms with Gasteiger partial charge in [0.25, 0.3) is 0 Å². The summed E-state index contributed by atoms with van der Waals surface area (Å²) in [6.07, 6.45) is 0. The molecule has 0 aliphatic carbocycles. The van der Waals surface area contributed by atoms with Crippen molar-refractivity contribution in [3.63, 3.8) is 0 Å². The highest BCUT2D eigenvalue weighted by Gasteiger charge is 1.99. The van der Waals surface area contributed by atoms with Crippen molar-refractivity contribution in [1.29, 1.82) is 0 Å². The van der Waals surface area contributed by atoms with Gasteiger partial charge in [-0.25, -0.2) is 0 Å². The maximum absolute atomic E-state index is 5.76. The van der Waals surface area contributed by atoms with Crippen LogP contribution in [0.4, 0.5) is 17.1 Å². The topological polar surface area (TPSA) is 38.0 Å². The Morgan fingerprint density at radius 1 is 1.06 bits per heavy atom. The number of nitrogens with two attached hydrogens (primary N) is 1. The molecular formula is C13H13BrN2. The van der Waals surface area contributed by atoms with Gasteiger partial charge in [0.2, 0.25) is 0 Å². The zero-order valence-corrected chi connectivity index (χ0v) is 10.6. The minimum atomic E-state index is 0.769. The fourth-order valence-electron chi connectivity index (χ4n) is 1.46. The van der Waals surface area contributed by atoms with Crippen molar-refractivity contribution in [2.24, 2.45) is 0 Å². The summed E-state index contributed by atoms with van der Waals surface area (Å²) in [6, 6.07) is 13.9. The van der Waals surface area contributed by atoms with Crippen molar-refractivity contribution >= 4 is 33.0 Å². The number of benzene rings is 2. The van der Waals surface area contributed by atoms with E-state index in [9.17, 15) is 0 Å². The molecule has 0 aliphatic heterocycles. The third-order valence-electron chi connectivity index (χ3n) is 2.38. The Morgan fingerprint density at radius 3 is 2.44 bits per heavy atom. The Bertz CT molecular complexity index is 492. The lowest BCUT2D eigenvalue weighted by Gasteiger charge is -2.10. The number of halogens is 1. The molecule has 16 heavy (non-hydrogen) atoms. The first kappa shape index (κ1) is 11.0. The van der Waals surface area contributed by atoms with Gasteiger partial charge in [-0.2, -0.15) is 0 Å². The summed E-state index contributed by atoms with van der Waals surface area (Å²) in [5.41, 5.74) is 9.80. The molecule has 0 unspecified atom stereocenters. The second kappa shape index (κ2) is 4.58. The van der Waals surface area contributed by atoms with E-state index in [1.54, 1.807) is 0 Å². The Balaban J connectivity index is 2.26. The zero-order chi connectivity index (χ0) is 11.5. The molecule has 0 atom stereocenters. The lowest BCUT2D eigenvalue weighted by atomic mass is 10.1. The van der Waals surface area contributed by atoms with Crippen molar-refractivity contribution in [2.45, 2.75) is 6.92 Å². The van der Waals surface area contributed by atoms with Crippen LogP contribution in [0.3, 0.4) is 0 Å². The molecule has 0 heterocycles. The molecule has 0 aromatic heterocycles. The lowest BCUT2D eigenvalue weighted by molar-refractivity contribution is 1.43. The molecule has 3 N–H and O–H groups in total. The van der Waals surface area contributed by atoms with E-state index in [0.29, 0.717) is 0 Å². The van der Waals surface area contributed by atoms with Crippen molar-refractivity contribution in [3.8, 4) is 0 Å². The molecule has 0 saturated heterocycles. The number of nitrogen functional groups attached to an aromatic ring is 1. The first-order valence-corrected chi connectivity index (χ1v) is 5.83. The van der Waals surface area contributed by atoms with Gasteiger partial charge in [0.05, 0.1) is 0 Å². The quantitative estimate of drug-likeness (QED) is 0.811. The third-order valence-corrected chi connectivity index (χ3v) is 2.91. The molecule has 3 heteroatoms. The first-order valence-electron chi connectivity index (χ1n) is 5.04. The number of hydrogen-bond acceptors (Lipinski definition) is 2. The van der Waals surface area contributed by atoms with Crippen molar-refractivity contribution in [2.75, 3.05) is 11.1 Å². The average molecular weight is 277 g/mol. The molecule has 0 bridgehead atoms. The van der Waals surface area contributed by atoms with Gasteiger partial charge >= 0.3 is 0 Å². The molecule has 2 nitrogen and oxygen atoms in total. The molecule has 82 valence electrons. The molecule has 2 aromatic rings. The Labute approximate surface area is 104 Å². The predicted octanol–water partition coefficient (Wildman–Crippen LogP) is 4.08. The summed E-state index contributed by atoms with van der Waals surface area (Å²) < 4.78 is 1.07. The summed E-state index contributed by atoms with van der Waals surface area (Å²) in [5.74, 6) is 0. The third kappa shape index (κ3) is 2.55. The number of anilines is 3. The second-order valence-corrected chi connectivity index (χ2v) is 4.62. The van der Waals surface area contributed by atoms with E-state index in [1.165, 1.54) is 5.56 Å². The van der Waals surface area contributed by atoms with Crippen LogP contribution in [-0.2, 0) is 0 Å². The number of aryl methyl sites for hydroxylation is 1. The van der Waals surface area contributed by atoms with E-state index in [2.05, 4.69) is 28.2 Å². The van der Waals surface area contributed by atoms with E-state index in [0.717, 1.165) is 21.5 Å². The van der Waals surface area contributed by atoms with Crippen LogP contribution in [0.25, 0.3) is 0 Å². The molecule has 0 saturated carbocycles. The smallest absolute Gasteiger partial charge is 0.0434 e. The van der Waals surface area contributed by atoms with Gasteiger partial charge < -0.3 is 11.1 Å². The summed E-state index contributed by atoms with van der Waals surface area (Å²) in [5, 5.41) is 3.34. The van der Waals surface area contributed by atoms with Crippen LogP contribution in [0.15, 0.2) is 46.9 Å². The molecule has 0 fully saturated rings. The largest absolute Gasteiger partial charge is 0.399 e. The van der Waals surface area contributed by atoms with Gasteiger partial charge in [0.15, 0.2) is 0 Å². The van der Waals surface area contributed by atoms with Crippen molar-refractivity contribution in [1.82, 2.24) is 0 Å². The van der Waals surface area contributed by atoms with E-state index >= 15 is 0 Å². The molecule has 2 rings (SSSR count). The number of rotatable bonds is 2. The summed E-state index contributed by atoms with van der Waals surface area (Å²) in [6.45, 7) is 2.06. The molecular weight excluding hydrogens is 264 g/mol. The molecule has 0 amide bonds. The highest BCUT2D eigenvalue weighted by atomic mass is 79.9. The minimum Gasteiger partial charge on any atom is -0.399 e. The van der Waals surface area contributed by atoms with E-state index in [4.69, 9.17) is 5.73 Å². The highest BCUT2D eigenvalue weighted by Crippen LogP contribution is 2.23. The van der Waals surface area contributed by atoms with Gasteiger partial charge in [0, 0.05) is 21.5 Å². The minimum absolute atomic E-state index is 0.769.